The van der Waals surface area contributed by atoms with E-state index in [4.69, 9.17) is 4.74 Å². The quantitative estimate of drug-likeness (QED) is 0.537. The van der Waals surface area contributed by atoms with Gasteiger partial charge < -0.3 is 4.74 Å². The highest BCUT2D eigenvalue weighted by atomic mass is 16.5. The summed E-state index contributed by atoms with van der Waals surface area (Å²) in [6.07, 6.45) is 4.80. The fourth-order valence-corrected chi connectivity index (χ4v) is 1.85. The number of hydrogen-bond acceptors (Lipinski definition) is 2. The van der Waals surface area contributed by atoms with E-state index in [1.807, 2.05) is 13.8 Å². The van der Waals surface area contributed by atoms with E-state index in [1.54, 1.807) is 0 Å². The van der Waals surface area contributed by atoms with Crippen molar-refractivity contribution in [3.05, 3.63) is 35.4 Å². The third-order valence-electron chi connectivity index (χ3n) is 2.83. The molecule has 0 N–H and O–H groups in total. The number of carbonyl (C=O) groups is 1. The van der Waals surface area contributed by atoms with Gasteiger partial charge in [-0.25, -0.2) is 0 Å². The summed E-state index contributed by atoms with van der Waals surface area (Å²) in [6, 6.07) is 8.66. The Hall–Kier alpha value is -1.31. The molecule has 0 spiro atoms. The maximum absolute atomic E-state index is 11.3. The molecule has 0 saturated heterocycles. The lowest BCUT2D eigenvalue weighted by molar-refractivity contribution is -0.147. The molecule has 0 aromatic heterocycles. The molecule has 100 valence electrons. The second-order valence-corrected chi connectivity index (χ2v) is 5.08. The number of hydrogen-bond donors (Lipinski definition) is 0. The number of esters is 1. The van der Waals surface area contributed by atoms with E-state index in [1.165, 1.54) is 11.1 Å². The first-order chi connectivity index (χ1) is 8.58. The predicted molar refractivity (Wildman–Crippen MR) is 74.6 cm³/mol. The first-order valence-electron chi connectivity index (χ1n) is 6.83. The Morgan fingerprint density at radius 1 is 1.11 bits per heavy atom. The van der Waals surface area contributed by atoms with E-state index >= 15 is 0 Å². The Morgan fingerprint density at radius 2 is 1.78 bits per heavy atom. The minimum absolute atomic E-state index is 0.00468. The SMILES string of the molecule is Cc1ccc(CCCCCC(=O)OC(C)C)cc1. The van der Waals surface area contributed by atoms with Gasteiger partial charge >= 0.3 is 5.97 Å². The van der Waals surface area contributed by atoms with Gasteiger partial charge in [-0.15, -0.1) is 0 Å². The molecule has 0 unspecified atom stereocenters. The average molecular weight is 248 g/mol. The van der Waals surface area contributed by atoms with Crippen molar-refractivity contribution in [2.45, 2.75) is 59.0 Å². The van der Waals surface area contributed by atoms with E-state index in [0.717, 1.165) is 25.7 Å². The van der Waals surface area contributed by atoms with Crippen LogP contribution >= 0.6 is 0 Å². The fourth-order valence-electron chi connectivity index (χ4n) is 1.85. The highest BCUT2D eigenvalue weighted by Crippen LogP contribution is 2.10. The number of benzene rings is 1. The monoisotopic (exact) mass is 248 g/mol. The van der Waals surface area contributed by atoms with Crippen LogP contribution < -0.4 is 0 Å². The topological polar surface area (TPSA) is 26.3 Å². The van der Waals surface area contributed by atoms with Crippen LogP contribution in [0.1, 0.15) is 50.7 Å². The van der Waals surface area contributed by atoms with E-state index < -0.39 is 0 Å². The lowest BCUT2D eigenvalue weighted by Gasteiger charge is -2.07. The lowest BCUT2D eigenvalue weighted by atomic mass is 10.0. The standard InChI is InChI=1S/C16H24O2/c1-13(2)18-16(17)8-6-4-5-7-15-11-9-14(3)10-12-15/h9-13H,4-8H2,1-3H3. The molecule has 0 amide bonds. The summed E-state index contributed by atoms with van der Waals surface area (Å²) >= 11 is 0. The first kappa shape index (κ1) is 14.7. The van der Waals surface area contributed by atoms with Gasteiger partial charge in [0.25, 0.3) is 0 Å². The molecule has 0 aliphatic carbocycles. The Balaban J connectivity index is 2.08. The fraction of sp³-hybridized carbons (Fsp3) is 0.562. The molecule has 0 aliphatic heterocycles. The average Bonchev–Trinajstić information content (AvgIpc) is 2.30. The van der Waals surface area contributed by atoms with Gasteiger partial charge in [-0.05, 0) is 45.6 Å². The molecular weight excluding hydrogens is 224 g/mol. The van der Waals surface area contributed by atoms with Gasteiger partial charge in [-0.3, -0.25) is 4.79 Å². The molecule has 2 heteroatoms. The normalized spacial score (nSPS) is 10.7. The van der Waals surface area contributed by atoms with Crippen LogP contribution in [0.5, 0.6) is 0 Å². The summed E-state index contributed by atoms with van der Waals surface area (Å²) in [6.45, 7) is 5.87. The molecule has 18 heavy (non-hydrogen) atoms. The van der Waals surface area contributed by atoms with Gasteiger partial charge in [0, 0.05) is 6.42 Å². The lowest BCUT2D eigenvalue weighted by Crippen LogP contribution is -2.10. The summed E-state index contributed by atoms with van der Waals surface area (Å²) in [4.78, 5) is 11.3. The van der Waals surface area contributed by atoms with Gasteiger partial charge in [0.15, 0.2) is 0 Å². The van der Waals surface area contributed by atoms with E-state index in [2.05, 4.69) is 31.2 Å². The van der Waals surface area contributed by atoms with E-state index in [-0.39, 0.29) is 12.1 Å². The molecule has 0 saturated carbocycles. The minimum Gasteiger partial charge on any atom is -0.463 e. The summed E-state index contributed by atoms with van der Waals surface area (Å²) in [5, 5.41) is 0. The maximum Gasteiger partial charge on any atom is 0.306 e. The Bertz CT molecular complexity index is 352. The van der Waals surface area contributed by atoms with Crippen molar-refractivity contribution in [2.75, 3.05) is 0 Å². The number of unbranched alkanes of at least 4 members (excludes halogenated alkanes) is 2. The highest BCUT2D eigenvalue weighted by molar-refractivity contribution is 5.69. The number of carbonyl (C=O) groups excluding carboxylic acids is 1. The van der Waals surface area contributed by atoms with Crippen LogP contribution in [0.2, 0.25) is 0 Å². The molecule has 0 fully saturated rings. The summed E-state index contributed by atoms with van der Waals surface area (Å²) in [5.41, 5.74) is 2.68. The molecule has 0 atom stereocenters. The molecule has 1 rings (SSSR count). The number of aryl methyl sites for hydroxylation is 2. The highest BCUT2D eigenvalue weighted by Gasteiger charge is 2.04. The Kier molecular flexibility index (Phi) is 6.48. The molecular formula is C16H24O2. The van der Waals surface area contributed by atoms with Crippen LogP contribution in [0.15, 0.2) is 24.3 Å². The largest absolute Gasteiger partial charge is 0.463 e. The summed E-state index contributed by atoms with van der Waals surface area (Å²) in [7, 11) is 0. The maximum atomic E-state index is 11.3. The van der Waals surface area contributed by atoms with Crippen molar-refractivity contribution in [3.63, 3.8) is 0 Å². The Morgan fingerprint density at radius 3 is 2.39 bits per heavy atom. The van der Waals surface area contributed by atoms with Gasteiger partial charge in [0.05, 0.1) is 6.10 Å². The van der Waals surface area contributed by atoms with Gasteiger partial charge in [0.2, 0.25) is 0 Å². The van der Waals surface area contributed by atoms with Crippen molar-refractivity contribution in [3.8, 4) is 0 Å². The van der Waals surface area contributed by atoms with Crippen molar-refractivity contribution >= 4 is 5.97 Å². The van der Waals surface area contributed by atoms with Crippen LogP contribution in [0.25, 0.3) is 0 Å². The smallest absolute Gasteiger partial charge is 0.306 e. The second kappa shape index (κ2) is 7.91. The Labute approximate surface area is 110 Å². The second-order valence-electron chi connectivity index (χ2n) is 5.08. The zero-order chi connectivity index (χ0) is 13.4. The summed E-state index contributed by atoms with van der Waals surface area (Å²) in [5.74, 6) is -0.0691. The van der Waals surface area contributed by atoms with Crippen LogP contribution in [-0.4, -0.2) is 12.1 Å². The molecule has 0 bridgehead atoms. The van der Waals surface area contributed by atoms with Gasteiger partial charge in [-0.1, -0.05) is 36.2 Å². The predicted octanol–water partition coefficient (Wildman–Crippen LogP) is 4.05. The van der Waals surface area contributed by atoms with E-state index in [9.17, 15) is 4.79 Å². The molecule has 1 aromatic carbocycles. The van der Waals surface area contributed by atoms with Gasteiger partial charge in [0.1, 0.15) is 0 Å². The van der Waals surface area contributed by atoms with Crippen molar-refractivity contribution in [1.29, 1.82) is 0 Å². The van der Waals surface area contributed by atoms with Crippen LogP contribution in [-0.2, 0) is 16.0 Å². The zero-order valence-electron chi connectivity index (χ0n) is 11.7. The number of rotatable bonds is 7. The minimum atomic E-state index is -0.0691. The molecule has 0 radical (unpaired) electrons. The summed E-state index contributed by atoms with van der Waals surface area (Å²) < 4.78 is 5.09. The van der Waals surface area contributed by atoms with Crippen molar-refractivity contribution < 1.29 is 9.53 Å². The first-order valence-corrected chi connectivity index (χ1v) is 6.83. The van der Waals surface area contributed by atoms with Gasteiger partial charge in [-0.2, -0.15) is 0 Å². The third kappa shape index (κ3) is 6.43. The van der Waals surface area contributed by atoms with Crippen LogP contribution in [0.3, 0.4) is 0 Å². The molecule has 0 heterocycles. The zero-order valence-corrected chi connectivity index (χ0v) is 11.7. The molecule has 1 aromatic rings. The molecule has 2 nitrogen and oxygen atoms in total. The third-order valence-corrected chi connectivity index (χ3v) is 2.83. The van der Waals surface area contributed by atoms with Crippen molar-refractivity contribution in [2.24, 2.45) is 0 Å². The van der Waals surface area contributed by atoms with E-state index in [0.29, 0.717) is 6.42 Å². The van der Waals surface area contributed by atoms with Crippen LogP contribution in [0.4, 0.5) is 0 Å². The molecule has 0 aliphatic rings. The van der Waals surface area contributed by atoms with Crippen LogP contribution in [0, 0.1) is 6.92 Å². The van der Waals surface area contributed by atoms with Crippen molar-refractivity contribution in [1.82, 2.24) is 0 Å². The number of ether oxygens (including phenoxy) is 1.